The Hall–Kier alpha value is -1.08. The van der Waals surface area contributed by atoms with E-state index < -0.39 is 27.8 Å². The molecule has 0 aliphatic carbocycles. The third-order valence-corrected chi connectivity index (χ3v) is 4.06. The average molecular weight is 265 g/mol. The van der Waals surface area contributed by atoms with E-state index in [0.717, 1.165) is 6.07 Å². The van der Waals surface area contributed by atoms with E-state index in [9.17, 15) is 21.6 Å². The van der Waals surface area contributed by atoms with Crippen LogP contribution in [-0.2, 0) is 16.2 Å². The van der Waals surface area contributed by atoms with Crippen LogP contribution < -0.4 is 4.72 Å². The highest BCUT2D eigenvalue weighted by molar-refractivity contribution is 7.89. The number of rotatable bonds is 1. The van der Waals surface area contributed by atoms with Gasteiger partial charge in [-0.15, -0.1) is 0 Å². The third-order valence-electron chi connectivity index (χ3n) is 2.64. The summed E-state index contributed by atoms with van der Waals surface area (Å²) >= 11 is 0. The van der Waals surface area contributed by atoms with E-state index in [2.05, 4.69) is 4.72 Å². The van der Waals surface area contributed by atoms with E-state index in [4.69, 9.17) is 0 Å². The standard InChI is InChI=1S/C10H10F3NO2S/c11-10(12,13)8-4-2-1-3-7(8)9-5-6-17(15,16)14-9/h1-4,9,14H,5-6H2. The molecule has 0 radical (unpaired) electrons. The van der Waals surface area contributed by atoms with Crippen LogP contribution in [0.3, 0.4) is 0 Å². The second-order valence-corrected chi connectivity index (χ2v) is 5.74. The van der Waals surface area contributed by atoms with Crippen molar-refractivity contribution in [1.29, 1.82) is 0 Å². The van der Waals surface area contributed by atoms with Crippen molar-refractivity contribution >= 4 is 10.0 Å². The minimum Gasteiger partial charge on any atom is -0.212 e. The van der Waals surface area contributed by atoms with Crippen LogP contribution in [0.1, 0.15) is 23.6 Å². The molecule has 1 fully saturated rings. The summed E-state index contributed by atoms with van der Waals surface area (Å²) in [7, 11) is -3.42. The van der Waals surface area contributed by atoms with E-state index in [1.165, 1.54) is 18.2 Å². The van der Waals surface area contributed by atoms with Gasteiger partial charge in [0.1, 0.15) is 0 Å². The van der Waals surface area contributed by atoms with Gasteiger partial charge < -0.3 is 0 Å². The first-order chi connectivity index (χ1) is 7.80. The molecule has 2 rings (SSSR count). The maximum atomic E-state index is 12.7. The molecule has 0 bridgehead atoms. The number of benzene rings is 1. The van der Waals surface area contributed by atoms with Crippen molar-refractivity contribution in [3.8, 4) is 0 Å². The number of alkyl halides is 3. The zero-order valence-corrected chi connectivity index (χ0v) is 9.48. The van der Waals surface area contributed by atoms with Crippen molar-refractivity contribution in [3.05, 3.63) is 35.4 Å². The molecule has 1 aromatic carbocycles. The predicted molar refractivity (Wildman–Crippen MR) is 55.7 cm³/mol. The van der Waals surface area contributed by atoms with Gasteiger partial charge >= 0.3 is 6.18 Å². The Morgan fingerprint density at radius 1 is 1.24 bits per heavy atom. The lowest BCUT2D eigenvalue weighted by atomic mass is 9.99. The van der Waals surface area contributed by atoms with Gasteiger partial charge in [-0.25, -0.2) is 13.1 Å². The number of hydrogen-bond acceptors (Lipinski definition) is 2. The Balaban J connectivity index is 2.40. The van der Waals surface area contributed by atoms with Gasteiger partial charge in [-0.05, 0) is 18.1 Å². The zero-order chi connectivity index (χ0) is 12.7. The summed E-state index contributed by atoms with van der Waals surface area (Å²) < 4.78 is 62.7. The molecule has 94 valence electrons. The second kappa shape index (κ2) is 3.99. The van der Waals surface area contributed by atoms with Crippen LogP contribution in [0.5, 0.6) is 0 Å². The maximum absolute atomic E-state index is 12.7. The summed E-state index contributed by atoms with van der Waals surface area (Å²) in [5.41, 5.74) is -0.796. The zero-order valence-electron chi connectivity index (χ0n) is 8.66. The lowest BCUT2D eigenvalue weighted by Gasteiger charge is -2.16. The summed E-state index contributed by atoms with van der Waals surface area (Å²) in [5.74, 6) is -0.135. The molecule has 17 heavy (non-hydrogen) atoms. The van der Waals surface area contributed by atoms with Crippen molar-refractivity contribution < 1.29 is 21.6 Å². The van der Waals surface area contributed by atoms with E-state index in [-0.39, 0.29) is 17.7 Å². The lowest BCUT2D eigenvalue weighted by molar-refractivity contribution is -0.138. The van der Waals surface area contributed by atoms with Gasteiger partial charge in [-0.1, -0.05) is 18.2 Å². The van der Waals surface area contributed by atoms with Gasteiger partial charge in [0.2, 0.25) is 10.0 Å². The van der Waals surface area contributed by atoms with Crippen LogP contribution in [0.15, 0.2) is 24.3 Å². The van der Waals surface area contributed by atoms with Crippen LogP contribution >= 0.6 is 0 Å². The number of nitrogens with one attached hydrogen (secondary N) is 1. The quantitative estimate of drug-likeness (QED) is 0.845. The van der Waals surface area contributed by atoms with Crippen LogP contribution in [0.25, 0.3) is 0 Å². The molecule has 3 nitrogen and oxygen atoms in total. The van der Waals surface area contributed by atoms with Crippen LogP contribution in [0.2, 0.25) is 0 Å². The summed E-state index contributed by atoms with van der Waals surface area (Å²) in [6.45, 7) is 0. The number of sulfonamides is 1. The molecular weight excluding hydrogens is 255 g/mol. The fraction of sp³-hybridized carbons (Fsp3) is 0.400. The molecule has 0 saturated carbocycles. The SMILES string of the molecule is O=S1(=O)CCC(c2ccccc2C(F)(F)F)N1. The molecule has 1 N–H and O–H groups in total. The van der Waals surface area contributed by atoms with E-state index in [1.54, 1.807) is 0 Å². The largest absolute Gasteiger partial charge is 0.416 e. The average Bonchev–Trinajstić information content (AvgIpc) is 2.58. The Kier molecular flexibility index (Phi) is 2.90. The molecule has 1 atom stereocenters. The highest BCUT2D eigenvalue weighted by atomic mass is 32.2. The minimum absolute atomic E-state index is 0.0129. The summed E-state index contributed by atoms with van der Waals surface area (Å²) in [6.07, 6.45) is -4.31. The molecular formula is C10H10F3NO2S. The highest BCUT2D eigenvalue weighted by Crippen LogP contribution is 2.36. The Morgan fingerprint density at radius 3 is 2.41 bits per heavy atom. The van der Waals surface area contributed by atoms with Crippen molar-refractivity contribution in [3.63, 3.8) is 0 Å². The Bertz CT molecular complexity index is 525. The number of halogens is 3. The van der Waals surface area contributed by atoms with Gasteiger partial charge in [0.25, 0.3) is 0 Å². The fourth-order valence-corrected chi connectivity index (χ4v) is 3.23. The highest BCUT2D eigenvalue weighted by Gasteiger charge is 2.37. The first kappa shape index (κ1) is 12.4. The molecule has 0 spiro atoms. The Morgan fingerprint density at radius 2 is 1.88 bits per heavy atom. The maximum Gasteiger partial charge on any atom is 0.416 e. The normalized spacial score (nSPS) is 23.8. The van der Waals surface area contributed by atoms with E-state index >= 15 is 0 Å². The van der Waals surface area contributed by atoms with Gasteiger partial charge in [-0.3, -0.25) is 0 Å². The van der Waals surface area contributed by atoms with Gasteiger partial charge in [-0.2, -0.15) is 13.2 Å². The first-order valence-electron chi connectivity index (χ1n) is 4.96. The molecule has 1 heterocycles. The van der Waals surface area contributed by atoms with Crippen LogP contribution in [0.4, 0.5) is 13.2 Å². The van der Waals surface area contributed by atoms with Crippen molar-refractivity contribution in [2.24, 2.45) is 0 Å². The number of hydrogen-bond donors (Lipinski definition) is 1. The predicted octanol–water partition coefficient (Wildman–Crippen LogP) is 2.07. The van der Waals surface area contributed by atoms with E-state index in [1.807, 2.05) is 0 Å². The van der Waals surface area contributed by atoms with Gasteiger partial charge in [0, 0.05) is 6.04 Å². The van der Waals surface area contributed by atoms with Crippen LogP contribution in [-0.4, -0.2) is 14.2 Å². The molecule has 1 aliphatic rings. The minimum atomic E-state index is -4.47. The molecule has 1 unspecified atom stereocenters. The van der Waals surface area contributed by atoms with Gasteiger partial charge in [0.05, 0.1) is 11.3 Å². The van der Waals surface area contributed by atoms with E-state index in [0.29, 0.717) is 0 Å². The summed E-state index contributed by atoms with van der Waals surface area (Å²) in [6, 6.07) is 4.24. The molecule has 1 aliphatic heterocycles. The Labute approximate surface area is 96.7 Å². The smallest absolute Gasteiger partial charge is 0.212 e. The first-order valence-corrected chi connectivity index (χ1v) is 6.61. The summed E-state index contributed by atoms with van der Waals surface area (Å²) in [4.78, 5) is 0. The molecule has 7 heteroatoms. The van der Waals surface area contributed by atoms with Crippen molar-refractivity contribution in [2.75, 3.05) is 5.75 Å². The van der Waals surface area contributed by atoms with Crippen molar-refractivity contribution in [1.82, 2.24) is 4.72 Å². The monoisotopic (exact) mass is 265 g/mol. The second-order valence-electron chi connectivity index (χ2n) is 3.86. The lowest BCUT2D eigenvalue weighted by Crippen LogP contribution is -2.22. The molecule has 1 aromatic rings. The summed E-state index contributed by atoms with van der Waals surface area (Å²) in [5, 5.41) is 0. The topological polar surface area (TPSA) is 46.2 Å². The third kappa shape index (κ3) is 2.61. The van der Waals surface area contributed by atoms with Crippen LogP contribution in [0, 0.1) is 0 Å². The molecule has 1 saturated heterocycles. The van der Waals surface area contributed by atoms with Crippen molar-refractivity contribution in [2.45, 2.75) is 18.6 Å². The van der Waals surface area contributed by atoms with Gasteiger partial charge in [0.15, 0.2) is 0 Å². The fourth-order valence-electron chi connectivity index (χ4n) is 1.89. The molecule has 0 amide bonds. The molecule has 0 aromatic heterocycles.